The monoisotopic (exact) mass is 399 g/mol. The molecule has 1 saturated carbocycles. The van der Waals surface area contributed by atoms with Crippen molar-refractivity contribution in [2.24, 2.45) is 5.92 Å². The Labute approximate surface area is 171 Å². The molecule has 2 aliphatic rings. The van der Waals surface area contributed by atoms with Crippen LogP contribution >= 0.6 is 0 Å². The van der Waals surface area contributed by atoms with Crippen molar-refractivity contribution in [1.82, 2.24) is 25.0 Å². The smallest absolute Gasteiger partial charge is 0.223 e. The average molecular weight is 400 g/mol. The topological polar surface area (TPSA) is 63.1 Å². The molecule has 2 heterocycles. The lowest BCUT2D eigenvalue weighted by molar-refractivity contribution is -0.125. The molecule has 1 aromatic heterocycles. The van der Waals surface area contributed by atoms with Crippen molar-refractivity contribution in [2.75, 3.05) is 19.6 Å². The number of nitrogens with one attached hydrogen (secondary N) is 1. The molecule has 0 radical (unpaired) electrons. The molecule has 0 bridgehead atoms. The van der Waals surface area contributed by atoms with Gasteiger partial charge in [0.1, 0.15) is 17.5 Å². The number of nitrogens with zero attached hydrogens (tertiary/aromatic N) is 4. The molecule has 1 fully saturated rings. The highest BCUT2D eigenvalue weighted by Crippen LogP contribution is 2.23. The van der Waals surface area contributed by atoms with Gasteiger partial charge in [-0.25, -0.2) is 4.39 Å². The number of benzene rings is 1. The van der Waals surface area contributed by atoms with Gasteiger partial charge in [-0.15, -0.1) is 10.2 Å². The Kier molecular flexibility index (Phi) is 6.54. The molecule has 7 heteroatoms. The lowest BCUT2D eigenvalue weighted by Gasteiger charge is -2.21. The Hall–Kier alpha value is -2.28. The predicted molar refractivity (Wildman–Crippen MR) is 109 cm³/mol. The van der Waals surface area contributed by atoms with Crippen LogP contribution in [-0.2, 0) is 30.7 Å². The molecule has 4 rings (SSSR count). The van der Waals surface area contributed by atoms with Gasteiger partial charge in [0.25, 0.3) is 0 Å². The van der Waals surface area contributed by atoms with Crippen molar-refractivity contribution in [3.05, 3.63) is 47.3 Å². The Morgan fingerprint density at radius 3 is 2.76 bits per heavy atom. The van der Waals surface area contributed by atoms with E-state index >= 15 is 0 Å². The van der Waals surface area contributed by atoms with Gasteiger partial charge in [-0.05, 0) is 18.9 Å². The maximum absolute atomic E-state index is 14.0. The number of carbonyl (C=O) groups is 1. The van der Waals surface area contributed by atoms with Crippen LogP contribution in [0.25, 0.3) is 0 Å². The zero-order chi connectivity index (χ0) is 20.1. The van der Waals surface area contributed by atoms with E-state index in [0.717, 1.165) is 56.1 Å². The maximum atomic E-state index is 14.0. The highest BCUT2D eigenvalue weighted by atomic mass is 19.1. The third-order valence-electron chi connectivity index (χ3n) is 6.17. The van der Waals surface area contributed by atoms with Gasteiger partial charge in [-0.3, -0.25) is 9.69 Å². The highest BCUT2D eigenvalue weighted by molar-refractivity contribution is 5.78. The standard InChI is InChI=1S/C22H30FN5O/c23-19-9-5-4-8-18(19)16-27-13-11-21-26-25-20(28(21)15-14-27)10-12-24-22(29)17-6-2-1-3-7-17/h4-5,8-9,17H,1-3,6-7,10-16H2,(H,24,29). The van der Waals surface area contributed by atoms with Crippen LogP contribution in [0.2, 0.25) is 0 Å². The third-order valence-corrected chi connectivity index (χ3v) is 6.17. The van der Waals surface area contributed by atoms with Crippen molar-refractivity contribution < 1.29 is 9.18 Å². The number of hydrogen-bond acceptors (Lipinski definition) is 4. The van der Waals surface area contributed by atoms with Crippen LogP contribution in [0.4, 0.5) is 4.39 Å². The minimum atomic E-state index is -0.148. The van der Waals surface area contributed by atoms with Crippen LogP contribution in [0, 0.1) is 11.7 Å². The van der Waals surface area contributed by atoms with Crippen molar-refractivity contribution >= 4 is 5.91 Å². The number of carbonyl (C=O) groups excluding carboxylic acids is 1. The normalized spacial score (nSPS) is 18.2. The fourth-order valence-corrected chi connectivity index (χ4v) is 4.44. The van der Waals surface area contributed by atoms with Crippen molar-refractivity contribution in [2.45, 2.75) is 58.0 Å². The fraction of sp³-hybridized carbons (Fsp3) is 0.591. The summed E-state index contributed by atoms with van der Waals surface area (Å²) in [6.07, 6.45) is 7.12. The molecule has 1 aliphatic carbocycles. The first-order valence-electron chi connectivity index (χ1n) is 10.8. The van der Waals surface area contributed by atoms with E-state index in [4.69, 9.17) is 0 Å². The summed E-state index contributed by atoms with van der Waals surface area (Å²) in [6.45, 7) is 3.68. The van der Waals surface area contributed by atoms with E-state index in [0.29, 0.717) is 19.5 Å². The summed E-state index contributed by atoms with van der Waals surface area (Å²) in [7, 11) is 0. The van der Waals surface area contributed by atoms with Gasteiger partial charge in [0.05, 0.1) is 0 Å². The largest absolute Gasteiger partial charge is 0.355 e. The van der Waals surface area contributed by atoms with Crippen molar-refractivity contribution in [1.29, 1.82) is 0 Å². The number of hydrogen-bond donors (Lipinski definition) is 1. The highest BCUT2D eigenvalue weighted by Gasteiger charge is 2.22. The van der Waals surface area contributed by atoms with Crippen LogP contribution in [-0.4, -0.2) is 45.2 Å². The molecule has 0 saturated heterocycles. The van der Waals surface area contributed by atoms with Gasteiger partial charge in [0.2, 0.25) is 5.91 Å². The second-order valence-corrected chi connectivity index (χ2v) is 8.18. The first-order chi connectivity index (χ1) is 14.2. The SMILES string of the molecule is O=C(NCCc1nnc2n1CCN(Cc1ccccc1F)CC2)C1CCCCC1. The summed E-state index contributed by atoms with van der Waals surface area (Å²) >= 11 is 0. The van der Waals surface area contributed by atoms with Crippen molar-refractivity contribution in [3.63, 3.8) is 0 Å². The number of halogens is 1. The van der Waals surface area contributed by atoms with Gasteiger partial charge in [0, 0.05) is 57.0 Å². The summed E-state index contributed by atoms with van der Waals surface area (Å²) in [5.74, 6) is 2.14. The van der Waals surface area contributed by atoms with Crippen LogP contribution in [0.5, 0.6) is 0 Å². The van der Waals surface area contributed by atoms with Crippen LogP contribution < -0.4 is 5.32 Å². The van der Waals surface area contributed by atoms with Gasteiger partial charge in [-0.2, -0.15) is 0 Å². The molecular weight excluding hydrogens is 369 g/mol. The van der Waals surface area contributed by atoms with Gasteiger partial charge in [-0.1, -0.05) is 37.5 Å². The molecule has 0 unspecified atom stereocenters. The van der Waals surface area contributed by atoms with Gasteiger partial charge in [0.15, 0.2) is 0 Å². The summed E-state index contributed by atoms with van der Waals surface area (Å²) in [5, 5.41) is 11.8. The molecule has 0 atom stereocenters. The van der Waals surface area contributed by atoms with Gasteiger partial charge >= 0.3 is 0 Å². The maximum Gasteiger partial charge on any atom is 0.223 e. The zero-order valence-corrected chi connectivity index (χ0v) is 16.9. The van der Waals surface area contributed by atoms with E-state index < -0.39 is 0 Å². The van der Waals surface area contributed by atoms with Crippen LogP contribution in [0.1, 0.15) is 49.3 Å². The summed E-state index contributed by atoms with van der Waals surface area (Å²) < 4.78 is 16.1. The lowest BCUT2D eigenvalue weighted by atomic mass is 9.89. The molecule has 1 aliphatic heterocycles. The predicted octanol–water partition coefficient (Wildman–Crippen LogP) is 2.71. The van der Waals surface area contributed by atoms with Gasteiger partial charge < -0.3 is 9.88 Å². The first-order valence-corrected chi connectivity index (χ1v) is 10.8. The summed E-state index contributed by atoms with van der Waals surface area (Å²) in [5.41, 5.74) is 0.732. The Bertz CT molecular complexity index is 830. The lowest BCUT2D eigenvalue weighted by Crippen LogP contribution is -2.33. The number of aromatic nitrogens is 3. The fourth-order valence-electron chi connectivity index (χ4n) is 4.44. The summed E-state index contributed by atoms with van der Waals surface area (Å²) in [6, 6.07) is 6.97. The van der Waals surface area contributed by atoms with E-state index in [1.165, 1.54) is 25.3 Å². The quantitative estimate of drug-likeness (QED) is 0.811. The van der Waals surface area contributed by atoms with E-state index in [1.807, 2.05) is 12.1 Å². The van der Waals surface area contributed by atoms with E-state index in [1.54, 1.807) is 6.07 Å². The number of amides is 1. The summed E-state index contributed by atoms with van der Waals surface area (Å²) in [4.78, 5) is 14.6. The van der Waals surface area contributed by atoms with E-state index in [2.05, 4.69) is 25.0 Å². The Morgan fingerprint density at radius 1 is 1.10 bits per heavy atom. The second-order valence-electron chi connectivity index (χ2n) is 8.18. The molecule has 1 aromatic carbocycles. The third kappa shape index (κ3) is 5.01. The second kappa shape index (κ2) is 9.48. The molecular formula is C22H30FN5O. The van der Waals surface area contributed by atoms with Crippen molar-refractivity contribution in [3.8, 4) is 0 Å². The number of fused-ring (bicyclic) bond motifs is 1. The average Bonchev–Trinajstić information content (AvgIpc) is 3.02. The molecule has 29 heavy (non-hydrogen) atoms. The van der Waals surface area contributed by atoms with Crippen LogP contribution in [0.15, 0.2) is 24.3 Å². The molecule has 0 spiro atoms. The zero-order valence-electron chi connectivity index (χ0n) is 16.9. The molecule has 6 nitrogen and oxygen atoms in total. The van der Waals surface area contributed by atoms with E-state index in [-0.39, 0.29) is 17.6 Å². The number of rotatable bonds is 6. The molecule has 1 amide bonds. The Balaban J connectivity index is 1.29. The van der Waals surface area contributed by atoms with Crippen LogP contribution in [0.3, 0.4) is 0 Å². The first kappa shape index (κ1) is 20.0. The Morgan fingerprint density at radius 2 is 1.93 bits per heavy atom. The minimum Gasteiger partial charge on any atom is -0.355 e. The minimum absolute atomic E-state index is 0.148. The van der Waals surface area contributed by atoms with E-state index in [9.17, 15) is 9.18 Å². The molecule has 1 N–H and O–H groups in total. The molecule has 2 aromatic rings. The molecule has 156 valence electrons.